The zero-order valence-corrected chi connectivity index (χ0v) is 12.3. The Morgan fingerprint density at radius 1 is 1.32 bits per heavy atom. The molecule has 0 aliphatic rings. The fourth-order valence-electron chi connectivity index (χ4n) is 1.96. The van der Waals surface area contributed by atoms with Crippen molar-refractivity contribution < 1.29 is 12.8 Å². The summed E-state index contributed by atoms with van der Waals surface area (Å²) in [6, 6.07) is 3.49. The Kier molecular flexibility index (Phi) is 5.46. The number of sulfonamides is 1. The first kappa shape index (κ1) is 16.1. The van der Waals surface area contributed by atoms with Crippen LogP contribution in [0.25, 0.3) is 0 Å². The highest BCUT2D eigenvalue weighted by Gasteiger charge is 2.19. The van der Waals surface area contributed by atoms with Crippen molar-refractivity contribution in [2.75, 3.05) is 0 Å². The predicted octanol–water partition coefficient (Wildman–Crippen LogP) is 2.00. The third kappa shape index (κ3) is 4.56. The van der Waals surface area contributed by atoms with Gasteiger partial charge in [-0.1, -0.05) is 13.8 Å². The summed E-state index contributed by atoms with van der Waals surface area (Å²) in [5, 5.41) is 0. The van der Waals surface area contributed by atoms with Gasteiger partial charge in [0.05, 0.1) is 4.90 Å². The van der Waals surface area contributed by atoms with E-state index in [0.29, 0.717) is 5.92 Å². The van der Waals surface area contributed by atoms with Gasteiger partial charge in [-0.25, -0.2) is 17.5 Å². The zero-order valence-electron chi connectivity index (χ0n) is 11.5. The van der Waals surface area contributed by atoms with E-state index in [9.17, 15) is 12.8 Å². The van der Waals surface area contributed by atoms with Crippen molar-refractivity contribution in [2.45, 2.75) is 44.7 Å². The van der Waals surface area contributed by atoms with E-state index in [2.05, 4.69) is 4.72 Å². The zero-order chi connectivity index (χ0) is 14.6. The second-order valence-electron chi connectivity index (χ2n) is 5.11. The summed E-state index contributed by atoms with van der Waals surface area (Å²) in [6.07, 6.45) is 0.740. The molecule has 0 aliphatic heterocycles. The Morgan fingerprint density at radius 3 is 2.47 bits per heavy atom. The Hall–Kier alpha value is -0.980. The number of hydrogen-bond donors (Lipinski definition) is 2. The number of nitrogens with one attached hydrogen (secondary N) is 1. The van der Waals surface area contributed by atoms with Gasteiger partial charge in [-0.3, -0.25) is 0 Å². The summed E-state index contributed by atoms with van der Waals surface area (Å²) in [4.78, 5) is 0.0463. The smallest absolute Gasteiger partial charge is 0.240 e. The van der Waals surface area contributed by atoms with Crippen LogP contribution < -0.4 is 10.5 Å². The lowest BCUT2D eigenvalue weighted by molar-refractivity contribution is 0.482. The van der Waals surface area contributed by atoms with Crippen LogP contribution in [0, 0.1) is 11.7 Å². The number of rotatable bonds is 6. The highest BCUT2D eigenvalue weighted by molar-refractivity contribution is 7.89. The van der Waals surface area contributed by atoms with Crippen LogP contribution in [0.5, 0.6) is 0 Å². The molecule has 3 N–H and O–H groups in total. The first-order valence-electron chi connectivity index (χ1n) is 6.27. The molecule has 19 heavy (non-hydrogen) atoms. The van der Waals surface area contributed by atoms with Crippen molar-refractivity contribution in [2.24, 2.45) is 11.7 Å². The summed E-state index contributed by atoms with van der Waals surface area (Å²) < 4.78 is 40.1. The molecular formula is C13H21FN2O2S. The summed E-state index contributed by atoms with van der Waals surface area (Å²) >= 11 is 0. The van der Waals surface area contributed by atoms with Gasteiger partial charge in [0.2, 0.25) is 10.0 Å². The van der Waals surface area contributed by atoms with Crippen molar-refractivity contribution in [1.29, 1.82) is 0 Å². The van der Waals surface area contributed by atoms with Crippen molar-refractivity contribution in [3.05, 3.63) is 29.6 Å². The third-order valence-corrected chi connectivity index (χ3v) is 4.32. The van der Waals surface area contributed by atoms with E-state index >= 15 is 0 Å². The van der Waals surface area contributed by atoms with Crippen molar-refractivity contribution in [3.8, 4) is 0 Å². The molecule has 0 aromatic heterocycles. The van der Waals surface area contributed by atoms with Crippen LogP contribution in [0.2, 0.25) is 0 Å². The van der Waals surface area contributed by atoms with Gasteiger partial charge in [-0.2, -0.15) is 0 Å². The molecule has 0 fully saturated rings. The molecule has 0 saturated heterocycles. The van der Waals surface area contributed by atoms with Gasteiger partial charge in [-0.05, 0) is 37.5 Å². The first-order valence-corrected chi connectivity index (χ1v) is 7.75. The van der Waals surface area contributed by atoms with E-state index in [-0.39, 0.29) is 23.0 Å². The largest absolute Gasteiger partial charge is 0.326 e. The summed E-state index contributed by atoms with van der Waals surface area (Å²) in [5.41, 5.74) is 5.57. The van der Waals surface area contributed by atoms with Crippen molar-refractivity contribution in [3.63, 3.8) is 0 Å². The number of halogens is 1. The van der Waals surface area contributed by atoms with Crippen LogP contribution in [0.3, 0.4) is 0 Å². The molecule has 108 valence electrons. The average Bonchev–Trinajstić information content (AvgIpc) is 2.27. The summed E-state index contributed by atoms with van der Waals surface area (Å²) in [7, 11) is -3.63. The quantitative estimate of drug-likeness (QED) is 0.841. The maximum Gasteiger partial charge on any atom is 0.240 e. The molecule has 1 aromatic carbocycles. The minimum absolute atomic E-state index is 0.0310. The Morgan fingerprint density at radius 2 is 1.95 bits per heavy atom. The number of nitrogens with two attached hydrogens (primary N) is 1. The molecule has 0 radical (unpaired) electrons. The molecule has 1 atom stereocenters. The lowest BCUT2D eigenvalue weighted by atomic mass is 10.1. The van der Waals surface area contributed by atoms with Gasteiger partial charge in [0.25, 0.3) is 0 Å². The minimum atomic E-state index is -3.63. The van der Waals surface area contributed by atoms with Crippen LogP contribution >= 0.6 is 0 Å². The molecule has 0 bridgehead atoms. The molecule has 1 aromatic rings. The van der Waals surface area contributed by atoms with Crippen molar-refractivity contribution in [1.82, 2.24) is 4.72 Å². The second kappa shape index (κ2) is 6.45. The topological polar surface area (TPSA) is 72.2 Å². The van der Waals surface area contributed by atoms with E-state index < -0.39 is 15.8 Å². The van der Waals surface area contributed by atoms with Crippen molar-refractivity contribution >= 4 is 10.0 Å². The molecule has 0 aliphatic carbocycles. The molecule has 6 heteroatoms. The maximum absolute atomic E-state index is 13.3. The van der Waals surface area contributed by atoms with Gasteiger partial charge in [0.1, 0.15) is 5.82 Å². The van der Waals surface area contributed by atoms with Crippen LogP contribution in [0.1, 0.15) is 32.8 Å². The molecular weight excluding hydrogens is 267 g/mol. The highest BCUT2D eigenvalue weighted by atomic mass is 32.2. The Balaban J connectivity index is 2.94. The van der Waals surface area contributed by atoms with E-state index in [1.807, 2.05) is 20.8 Å². The van der Waals surface area contributed by atoms with Gasteiger partial charge < -0.3 is 5.73 Å². The Bertz CT molecular complexity index is 529. The standard InChI is InChI=1S/C13H21FN2O2S/c1-9(2)6-10(3)16-19(17,18)12-4-5-13(14)11(7-12)8-15/h4-5,7,9-10,16H,6,8,15H2,1-3H3. The summed E-state index contributed by atoms with van der Waals surface area (Å²) in [5.74, 6) is -0.0952. The van der Waals surface area contributed by atoms with Crippen LogP contribution in [-0.4, -0.2) is 14.5 Å². The lowest BCUT2D eigenvalue weighted by Crippen LogP contribution is -2.33. The molecule has 0 spiro atoms. The lowest BCUT2D eigenvalue weighted by Gasteiger charge is -2.16. The summed E-state index contributed by atoms with van der Waals surface area (Å²) in [6.45, 7) is 5.83. The van der Waals surface area contributed by atoms with Crippen LogP contribution in [0.4, 0.5) is 4.39 Å². The predicted molar refractivity (Wildman–Crippen MR) is 73.5 cm³/mol. The van der Waals surface area contributed by atoms with E-state index in [1.54, 1.807) is 0 Å². The monoisotopic (exact) mass is 288 g/mol. The van der Waals surface area contributed by atoms with Crippen LogP contribution in [0.15, 0.2) is 23.1 Å². The van der Waals surface area contributed by atoms with Gasteiger partial charge in [0.15, 0.2) is 0 Å². The second-order valence-corrected chi connectivity index (χ2v) is 6.82. The fourth-order valence-corrected chi connectivity index (χ4v) is 3.27. The van der Waals surface area contributed by atoms with Crippen LogP contribution in [-0.2, 0) is 16.6 Å². The number of hydrogen-bond acceptors (Lipinski definition) is 3. The third-order valence-electron chi connectivity index (χ3n) is 2.73. The van der Waals surface area contributed by atoms with E-state index in [0.717, 1.165) is 12.5 Å². The maximum atomic E-state index is 13.3. The fraction of sp³-hybridized carbons (Fsp3) is 0.538. The SMILES string of the molecule is CC(C)CC(C)NS(=O)(=O)c1ccc(F)c(CN)c1. The molecule has 0 heterocycles. The van der Waals surface area contributed by atoms with Gasteiger partial charge >= 0.3 is 0 Å². The van der Waals surface area contributed by atoms with E-state index in [1.165, 1.54) is 12.1 Å². The molecule has 1 unspecified atom stereocenters. The molecule has 0 saturated carbocycles. The molecule has 0 amide bonds. The van der Waals surface area contributed by atoms with Gasteiger partial charge in [0, 0.05) is 18.2 Å². The number of benzene rings is 1. The first-order chi connectivity index (χ1) is 8.76. The molecule has 1 rings (SSSR count). The minimum Gasteiger partial charge on any atom is -0.326 e. The van der Waals surface area contributed by atoms with Gasteiger partial charge in [-0.15, -0.1) is 0 Å². The van der Waals surface area contributed by atoms with E-state index in [4.69, 9.17) is 5.73 Å². The normalized spacial score (nSPS) is 13.8. The average molecular weight is 288 g/mol. The molecule has 4 nitrogen and oxygen atoms in total. The highest BCUT2D eigenvalue weighted by Crippen LogP contribution is 2.16. The Labute approximate surface area is 114 Å².